The fraction of sp³-hybridized carbons (Fsp3) is 0.176. The zero-order valence-corrected chi connectivity index (χ0v) is 11.3. The Bertz CT molecular complexity index is 744. The molecule has 3 nitrogen and oxygen atoms in total. The summed E-state index contributed by atoms with van der Waals surface area (Å²) in [4.78, 5) is 12.5. The van der Waals surface area contributed by atoms with E-state index in [0.717, 1.165) is 0 Å². The number of halogens is 1. The Labute approximate surface area is 122 Å². The number of hydrogen-bond acceptors (Lipinski definition) is 2. The highest BCUT2D eigenvalue weighted by Gasteiger charge is 2.52. The van der Waals surface area contributed by atoms with Gasteiger partial charge in [-0.3, -0.25) is 4.79 Å². The number of nitriles is 1. The van der Waals surface area contributed by atoms with Crippen LogP contribution < -0.4 is 5.32 Å². The number of nitrogens with zero attached hydrogens (tertiary/aromatic N) is 1. The van der Waals surface area contributed by atoms with Crippen molar-refractivity contribution < 1.29 is 9.18 Å². The molecule has 1 amide bonds. The van der Waals surface area contributed by atoms with Crippen LogP contribution in [-0.4, -0.2) is 5.91 Å². The number of nitrogens with one attached hydrogen (secondary N) is 1. The Balaban J connectivity index is 1.86. The van der Waals surface area contributed by atoms with E-state index in [1.165, 1.54) is 6.07 Å². The van der Waals surface area contributed by atoms with Gasteiger partial charge in [0.25, 0.3) is 0 Å². The molecule has 21 heavy (non-hydrogen) atoms. The van der Waals surface area contributed by atoms with Gasteiger partial charge in [0.1, 0.15) is 5.82 Å². The molecule has 0 unspecified atom stereocenters. The maximum absolute atomic E-state index is 13.9. The summed E-state index contributed by atoms with van der Waals surface area (Å²) >= 11 is 0. The molecule has 104 valence electrons. The van der Waals surface area contributed by atoms with E-state index in [1.807, 2.05) is 6.07 Å². The summed E-state index contributed by atoms with van der Waals surface area (Å²) in [7, 11) is 0. The van der Waals surface area contributed by atoms with Crippen molar-refractivity contribution in [1.82, 2.24) is 0 Å². The first-order valence-corrected chi connectivity index (χ1v) is 6.72. The second-order valence-electron chi connectivity index (χ2n) is 5.21. The van der Waals surface area contributed by atoms with Crippen LogP contribution >= 0.6 is 0 Å². The number of anilines is 1. The molecule has 0 bridgehead atoms. The zero-order valence-electron chi connectivity index (χ0n) is 11.3. The lowest BCUT2D eigenvalue weighted by atomic mass is 9.94. The summed E-state index contributed by atoms with van der Waals surface area (Å²) < 4.78 is 13.9. The van der Waals surface area contributed by atoms with E-state index >= 15 is 0 Å². The number of benzene rings is 2. The highest BCUT2D eigenvalue weighted by atomic mass is 19.1. The summed E-state index contributed by atoms with van der Waals surface area (Å²) in [6.07, 6.45) is 1.27. The van der Waals surface area contributed by atoms with Gasteiger partial charge in [-0.25, -0.2) is 4.39 Å². The van der Waals surface area contributed by atoms with Crippen molar-refractivity contribution >= 4 is 11.6 Å². The molecule has 0 radical (unpaired) electrons. The third-order valence-electron chi connectivity index (χ3n) is 3.82. The van der Waals surface area contributed by atoms with E-state index in [-0.39, 0.29) is 11.7 Å². The van der Waals surface area contributed by atoms with Crippen LogP contribution in [0.1, 0.15) is 24.0 Å². The van der Waals surface area contributed by atoms with Gasteiger partial charge in [-0.15, -0.1) is 0 Å². The standard InChI is InChI=1S/C17H13FN2O/c18-15-7-2-1-6-14(15)17(8-9-17)16(21)20-13-5-3-4-12(10-13)11-19/h1-7,10H,8-9H2,(H,20,21). The molecule has 1 saturated carbocycles. The molecule has 2 aromatic carbocycles. The van der Waals surface area contributed by atoms with Crippen LogP contribution in [0.2, 0.25) is 0 Å². The van der Waals surface area contributed by atoms with Crippen LogP contribution in [0.4, 0.5) is 10.1 Å². The first kappa shape index (κ1) is 13.3. The van der Waals surface area contributed by atoms with Gasteiger partial charge in [0, 0.05) is 11.3 Å². The van der Waals surface area contributed by atoms with Gasteiger partial charge in [-0.1, -0.05) is 24.3 Å². The van der Waals surface area contributed by atoms with E-state index in [2.05, 4.69) is 5.32 Å². The minimum Gasteiger partial charge on any atom is -0.325 e. The number of carbonyl (C=O) groups excluding carboxylic acids is 1. The molecule has 0 saturated heterocycles. The van der Waals surface area contributed by atoms with Crippen LogP contribution in [0.3, 0.4) is 0 Å². The first-order valence-electron chi connectivity index (χ1n) is 6.72. The minimum atomic E-state index is -0.770. The average Bonchev–Trinajstić information content (AvgIpc) is 3.29. The van der Waals surface area contributed by atoms with Crippen LogP contribution in [-0.2, 0) is 10.2 Å². The summed E-state index contributed by atoms with van der Waals surface area (Å²) in [6, 6.07) is 15.1. The molecule has 0 aliphatic heterocycles. The van der Waals surface area contributed by atoms with Gasteiger partial charge in [-0.05, 0) is 37.1 Å². The predicted molar refractivity (Wildman–Crippen MR) is 77.1 cm³/mol. The van der Waals surface area contributed by atoms with Crippen molar-refractivity contribution in [1.29, 1.82) is 5.26 Å². The van der Waals surface area contributed by atoms with Crippen molar-refractivity contribution in [3.8, 4) is 6.07 Å². The van der Waals surface area contributed by atoms with Gasteiger partial charge in [0.05, 0.1) is 17.0 Å². The second-order valence-corrected chi connectivity index (χ2v) is 5.21. The maximum atomic E-state index is 13.9. The smallest absolute Gasteiger partial charge is 0.235 e. The number of amides is 1. The van der Waals surface area contributed by atoms with Gasteiger partial charge in [-0.2, -0.15) is 5.26 Å². The van der Waals surface area contributed by atoms with Crippen molar-refractivity contribution in [2.24, 2.45) is 0 Å². The molecular formula is C17H13FN2O. The summed E-state index contributed by atoms with van der Waals surface area (Å²) in [5.74, 6) is -0.571. The fourth-order valence-corrected chi connectivity index (χ4v) is 2.51. The minimum absolute atomic E-state index is 0.220. The van der Waals surface area contributed by atoms with Crippen LogP contribution in [0.25, 0.3) is 0 Å². The van der Waals surface area contributed by atoms with E-state index in [0.29, 0.717) is 29.7 Å². The third-order valence-corrected chi connectivity index (χ3v) is 3.82. The van der Waals surface area contributed by atoms with Gasteiger partial charge >= 0.3 is 0 Å². The number of carbonyl (C=O) groups is 1. The summed E-state index contributed by atoms with van der Waals surface area (Å²) in [6.45, 7) is 0. The van der Waals surface area contributed by atoms with Crippen molar-refractivity contribution in [2.45, 2.75) is 18.3 Å². The lowest BCUT2D eigenvalue weighted by molar-refractivity contribution is -0.118. The Morgan fingerprint density at radius 3 is 2.62 bits per heavy atom. The van der Waals surface area contributed by atoms with E-state index < -0.39 is 5.41 Å². The molecule has 1 aliphatic rings. The third kappa shape index (κ3) is 2.38. The summed E-state index contributed by atoms with van der Waals surface area (Å²) in [5, 5.41) is 11.7. The first-order chi connectivity index (χ1) is 10.2. The zero-order chi connectivity index (χ0) is 14.9. The van der Waals surface area contributed by atoms with Crippen LogP contribution in [0.5, 0.6) is 0 Å². The van der Waals surface area contributed by atoms with Crippen LogP contribution in [0, 0.1) is 17.1 Å². The molecule has 1 N–H and O–H groups in total. The normalized spacial score (nSPS) is 15.0. The molecular weight excluding hydrogens is 267 g/mol. The van der Waals surface area contributed by atoms with Crippen molar-refractivity contribution in [3.63, 3.8) is 0 Å². The Kier molecular flexibility index (Phi) is 3.19. The lowest BCUT2D eigenvalue weighted by Crippen LogP contribution is -2.28. The molecule has 0 atom stereocenters. The van der Waals surface area contributed by atoms with Gasteiger partial charge < -0.3 is 5.32 Å². The topological polar surface area (TPSA) is 52.9 Å². The quantitative estimate of drug-likeness (QED) is 0.937. The molecule has 0 aromatic heterocycles. The highest BCUT2D eigenvalue weighted by molar-refractivity contribution is 6.01. The Morgan fingerprint density at radius 1 is 1.19 bits per heavy atom. The number of rotatable bonds is 3. The van der Waals surface area contributed by atoms with Crippen molar-refractivity contribution in [2.75, 3.05) is 5.32 Å². The summed E-state index contributed by atoms with van der Waals surface area (Å²) in [5.41, 5.74) is 0.706. The molecule has 0 heterocycles. The number of hydrogen-bond donors (Lipinski definition) is 1. The molecule has 0 spiro atoms. The molecule has 4 heteroatoms. The van der Waals surface area contributed by atoms with Crippen LogP contribution in [0.15, 0.2) is 48.5 Å². The van der Waals surface area contributed by atoms with E-state index in [9.17, 15) is 9.18 Å². The largest absolute Gasteiger partial charge is 0.325 e. The average molecular weight is 280 g/mol. The maximum Gasteiger partial charge on any atom is 0.235 e. The molecule has 1 aliphatic carbocycles. The SMILES string of the molecule is N#Cc1cccc(NC(=O)C2(c3ccccc3F)CC2)c1. The monoisotopic (exact) mass is 280 g/mol. The molecule has 2 aromatic rings. The van der Waals surface area contributed by atoms with E-state index in [1.54, 1.807) is 42.5 Å². The predicted octanol–water partition coefficient (Wildman–Crippen LogP) is 3.37. The van der Waals surface area contributed by atoms with Gasteiger partial charge in [0.15, 0.2) is 0 Å². The lowest BCUT2D eigenvalue weighted by Gasteiger charge is -2.16. The Morgan fingerprint density at radius 2 is 1.95 bits per heavy atom. The van der Waals surface area contributed by atoms with Crippen molar-refractivity contribution in [3.05, 3.63) is 65.5 Å². The Hall–Kier alpha value is -2.67. The molecule has 1 fully saturated rings. The molecule has 3 rings (SSSR count). The van der Waals surface area contributed by atoms with Gasteiger partial charge in [0.2, 0.25) is 5.91 Å². The second kappa shape index (κ2) is 5.02. The van der Waals surface area contributed by atoms with E-state index in [4.69, 9.17) is 5.26 Å². The highest BCUT2D eigenvalue weighted by Crippen LogP contribution is 2.49. The fourth-order valence-electron chi connectivity index (χ4n) is 2.51.